The number of carbonyl (C=O) groups excluding carboxylic acids is 1. The standard InChI is InChI=1S/C20H28N6O3/c27-19(20(7-2-1-3-8-20)26-16-21-23-24-26)22-17-5-4-6-18(15-17)29-14-11-25-9-12-28-13-10-25/h4-6,15-16H,1-3,7-14H2,(H,22,27). The summed E-state index contributed by atoms with van der Waals surface area (Å²) in [4.78, 5) is 15.6. The molecule has 2 aliphatic rings. The van der Waals surface area contributed by atoms with Crippen LogP contribution in [0.3, 0.4) is 0 Å². The van der Waals surface area contributed by atoms with Gasteiger partial charge < -0.3 is 14.8 Å². The summed E-state index contributed by atoms with van der Waals surface area (Å²) >= 11 is 0. The van der Waals surface area contributed by atoms with Crippen molar-refractivity contribution in [2.45, 2.75) is 37.6 Å². The highest BCUT2D eigenvalue weighted by molar-refractivity contribution is 5.96. The van der Waals surface area contributed by atoms with E-state index >= 15 is 0 Å². The summed E-state index contributed by atoms with van der Waals surface area (Å²) in [5.41, 5.74) is -0.00789. The van der Waals surface area contributed by atoms with Crippen LogP contribution in [0.5, 0.6) is 5.75 Å². The third kappa shape index (κ3) is 4.73. The van der Waals surface area contributed by atoms with Gasteiger partial charge in [0.2, 0.25) is 0 Å². The van der Waals surface area contributed by atoms with Crippen LogP contribution in [-0.4, -0.2) is 70.5 Å². The van der Waals surface area contributed by atoms with Crippen molar-refractivity contribution < 1.29 is 14.3 Å². The maximum absolute atomic E-state index is 13.2. The fourth-order valence-electron chi connectivity index (χ4n) is 4.08. The Morgan fingerprint density at radius 2 is 2.03 bits per heavy atom. The zero-order valence-corrected chi connectivity index (χ0v) is 16.6. The quantitative estimate of drug-likeness (QED) is 0.756. The van der Waals surface area contributed by atoms with Crippen LogP contribution in [0.1, 0.15) is 32.1 Å². The van der Waals surface area contributed by atoms with Crippen molar-refractivity contribution in [1.29, 1.82) is 0 Å². The molecule has 2 aromatic rings. The van der Waals surface area contributed by atoms with Gasteiger partial charge in [-0.15, -0.1) is 5.10 Å². The smallest absolute Gasteiger partial charge is 0.252 e. The van der Waals surface area contributed by atoms with E-state index in [2.05, 4.69) is 25.7 Å². The number of rotatable bonds is 7. The lowest BCUT2D eigenvalue weighted by molar-refractivity contribution is -0.126. The minimum atomic E-state index is -0.727. The molecule has 0 atom stereocenters. The zero-order valence-electron chi connectivity index (χ0n) is 16.6. The molecule has 2 heterocycles. The molecule has 1 saturated heterocycles. The summed E-state index contributed by atoms with van der Waals surface area (Å²) in [6, 6.07) is 7.55. The molecular formula is C20H28N6O3. The third-order valence-corrected chi connectivity index (χ3v) is 5.76. The summed E-state index contributed by atoms with van der Waals surface area (Å²) in [6.45, 7) is 4.92. The van der Waals surface area contributed by atoms with Gasteiger partial charge in [-0.25, -0.2) is 4.68 Å². The van der Waals surface area contributed by atoms with Crippen molar-refractivity contribution in [3.05, 3.63) is 30.6 Å². The van der Waals surface area contributed by atoms with Gasteiger partial charge in [-0.1, -0.05) is 25.3 Å². The van der Waals surface area contributed by atoms with Gasteiger partial charge in [-0.3, -0.25) is 9.69 Å². The van der Waals surface area contributed by atoms with Gasteiger partial charge in [0.1, 0.15) is 24.2 Å². The normalized spacial score (nSPS) is 19.6. The van der Waals surface area contributed by atoms with Gasteiger partial charge in [-0.05, 0) is 35.4 Å². The molecule has 0 radical (unpaired) electrons. The van der Waals surface area contributed by atoms with Crippen molar-refractivity contribution in [3.63, 3.8) is 0 Å². The maximum atomic E-state index is 13.2. The third-order valence-electron chi connectivity index (χ3n) is 5.76. The Kier molecular flexibility index (Phi) is 6.36. The summed E-state index contributed by atoms with van der Waals surface area (Å²) < 4.78 is 12.9. The molecule has 1 N–H and O–H groups in total. The van der Waals surface area contributed by atoms with Crippen molar-refractivity contribution in [2.24, 2.45) is 0 Å². The Morgan fingerprint density at radius 1 is 1.21 bits per heavy atom. The molecule has 4 rings (SSSR count). The van der Waals surface area contributed by atoms with Gasteiger partial charge >= 0.3 is 0 Å². The molecule has 1 aliphatic carbocycles. The largest absolute Gasteiger partial charge is 0.492 e. The lowest BCUT2D eigenvalue weighted by Gasteiger charge is -2.35. The number of morpholine rings is 1. The van der Waals surface area contributed by atoms with E-state index < -0.39 is 5.54 Å². The fourth-order valence-corrected chi connectivity index (χ4v) is 4.08. The van der Waals surface area contributed by atoms with E-state index in [1.807, 2.05) is 24.3 Å². The van der Waals surface area contributed by atoms with Crippen molar-refractivity contribution >= 4 is 11.6 Å². The monoisotopic (exact) mass is 400 g/mol. The first-order chi connectivity index (χ1) is 14.3. The lowest BCUT2D eigenvalue weighted by atomic mass is 9.81. The van der Waals surface area contributed by atoms with Gasteiger partial charge in [0.05, 0.1) is 13.2 Å². The zero-order chi connectivity index (χ0) is 19.9. The van der Waals surface area contributed by atoms with Gasteiger partial charge in [0, 0.05) is 31.4 Å². The van der Waals surface area contributed by atoms with Crippen LogP contribution in [0.2, 0.25) is 0 Å². The van der Waals surface area contributed by atoms with E-state index in [1.54, 1.807) is 4.68 Å². The van der Waals surface area contributed by atoms with E-state index in [4.69, 9.17) is 9.47 Å². The first kappa shape index (κ1) is 19.8. The summed E-state index contributed by atoms with van der Waals surface area (Å²) in [6.07, 6.45) is 6.11. The number of nitrogens with one attached hydrogen (secondary N) is 1. The number of ether oxygens (including phenoxy) is 2. The Balaban J connectivity index is 1.38. The number of benzene rings is 1. The second kappa shape index (κ2) is 9.32. The average Bonchev–Trinajstić information content (AvgIpc) is 3.31. The summed E-state index contributed by atoms with van der Waals surface area (Å²) in [5, 5.41) is 14.6. The summed E-state index contributed by atoms with van der Waals surface area (Å²) in [5.74, 6) is 0.672. The minimum Gasteiger partial charge on any atom is -0.492 e. The second-order valence-electron chi connectivity index (χ2n) is 7.63. The van der Waals surface area contributed by atoms with Crippen LogP contribution in [-0.2, 0) is 15.1 Å². The van der Waals surface area contributed by atoms with Crippen LogP contribution in [0.4, 0.5) is 5.69 Å². The molecule has 1 saturated carbocycles. The highest BCUT2D eigenvalue weighted by atomic mass is 16.5. The van der Waals surface area contributed by atoms with Crippen molar-refractivity contribution in [2.75, 3.05) is 44.8 Å². The number of hydrogen-bond donors (Lipinski definition) is 1. The first-order valence-corrected chi connectivity index (χ1v) is 10.3. The highest BCUT2D eigenvalue weighted by Crippen LogP contribution is 2.35. The molecule has 29 heavy (non-hydrogen) atoms. The van der Waals surface area contributed by atoms with Crippen LogP contribution in [0.15, 0.2) is 30.6 Å². The molecule has 9 heteroatoms. The molecular weight excluding hydrogens is 372 g/mol. The number of carbonyl (C=O) groups is 1. The van der Waals surface area contributed by atoms with Gasteiger partial charge in [-0.2, -0.15) is 0 Å². The predicted molar refractivity (Wildman–Crippen MR) is 107 cm³/mol. The van der Waals surface area contributed by atoms with E-state index in [1.165, 1.54) is 6.33 Å². The first-order valence-electron chi connectivity index (χ1n) is 10.3. The van der Waals surface area contributed by atoms with E-state index in [-0.39, 0.29) is 5.91 Å². The number of anilines is 1. The van der Waals surface area contributed by atoms with Crippen molar-refractivity contribution in [3.8, 4) is 5.75 Å². The SMILES string of the molecule is O=C(Nc1cccc(OCCN2CCOCC2)c1)C1(n2cnnn2)CCCCC1. The topological polar surface area (TPSA) is 94.4 Å². The van der Waals surface area contributed by atoms with Gasteiger partial charge in [0.15, 0.2) is 0 Å². The Bertz CT molecular complexity index is 785. The lowest BCUT2D eigenvalue weighted by Crippen LogP contribution is -2.47. The van der Waals surface area contributed by atoms with Gasteiger partial charge in [0.25, 0.3) is 5.91 Å². The molecule has 1 aliphatic heterocycles. The predicted octanol–water partition coefficient (Wildman–Crippen LogP) is 1.68. The molecule has 1 aromatic heterocycles. The Hall–Kier alpha value is -2.52. The molecule has 1 amide bonds. The van der Waals surface area contributed by atoms with E-state index in [9.17, 15) is 4.79 Å². The maximum Gasteiger partial charge on any atom is 0.252 e. The minimum absolute atomic E-state index is 0.0741. The summed E-state index contributed by atoms with van der Waals surface area (Å²) in [7, 11) is 0. The number of amides is 1. The molecule has 156 valence electrons. The molecule has 0 spiro atoms. The fraction of sp³-hybridized carbons (Fsp3) is 0.600. The van der Waals surface area contributed by atoms with Crippen LogP contribution in [0, 0.1) is 0 Å². The number of hydrogen-bond acceptors (Lipinski definition) is 7. The average molecular weight is 400 g/mol. The molecule has 2 fully saturated rings. The van der Waals surface area contributed by atoms with Crippen LogP contribution in [0.25, 0.3) is 0 Å². The highest BCUT2D eigenvalue weighted by Gasteiger charge is 2.42. The molecule has 0 unspecified atom stereocenters. The Morgan fingerprint density at radius 3 is 2.79 bits per heavy atom. The van der Waals surface area contributed by atoms with Crippen LogP contribution < -0.4 is 10.1 Å². The Labute approximate surface area is 170 Å². The van der Waals surface area contributed by atoms with Crippen LogP contribution >= 0.6 is 0 Å². The molecule has 1 aromatic carbocycles. The van der Waals surface area contributed by atoms with E-state index in [0.29, 0.717) is 6.61 Å². The van der Waals surface area contributed by atoms with E-state index in [0.717, 1.165) is 76.4 Å². The number of tetrazole rings is 1. The number of aromatic nitrogens is 4. The molecule has 0 bridgehead atoms. The van der Waals surface area contributed by atoms with Crippen molar-refractivity contribution in [1.82, 2.24) is 25.1 Å². The second-order valence-corrected chi connectivity index (χ2v) is 7.63. The molecule has 9 nitrogen and oxygen atoms in total. The number of nitrogens with zero attached hydrogens (tertiary/aromatic N) is 5.